The number of carbonyl (C=O) groups excluding carboxylic acids is 1. The summed E-state index contributed by atoms with van der Waals surface area (Å²) in [6.45, 7) is 5.87. The van der Waals surface area contributed by atoms with Gasteiger partial charge in [-0.15, -0.1) is 0 Å². The average molecular weight is 252 g/mol. The molecular formula is C12H16N2O4. The number of hydrogen-bond acceptors (Lipinski definition) is 4. The van der Waals surface area contributed by atoms with E-state index in [1.165, 1.54) is 0 Å². The molecule has 98 valence electrons. The number of nitrogens with zero attached hydrogens (tertiary/aromatic N) is 1. The van der Waals surface area contributed by atoms with Crippen molar-refractivity contribution < 1.29 is 19.2 Å². The summed E-state index contributed by atoms with van der Waals surface area (Å²) in [5, 5.41) is 15.2. The van der Waals surface area contributed by atoms with Gasteiger partial charge in [-0.2, -0.15) is 0 Å². The number of aliphatic carboxylic acids is 1. The van der Waals surface area contributed by atoms with Gasteiger partial charge in [0.1, 0.15) is 11.2 Å². The van der Waals surface area contributed by atoms with E-state index in [1.54, 1.807) is 6.07 Å². The van der Waals surface area contributed by atoms with Crippen LogP contribution in [0.25, 0.3) is 0 Å². The third kappa shape index (κ3) is 2.10. The lowest BCUT2D eigenvalue weighted by Crippen LogP contribution is -2.31. The topological polar surface area (TPSA) is 92.4 Å². The number of carboxylic acids is 1. The van der Waals surface area contributed by atoms with Crippen molar-refractivity contribution in [3.05, 3.63) is 11.8 Å². The van der Waals surface area contributed by atoms with Gasteiger partial charge in [-0.3, -0.25) is 9.59 Å². The molecule has 18 heavy (non-hydrogen) atoms. The van der Waals surface area contributed by atoms with Gasteiger partial charge in [0.2, 0.25) is 5.91 Å². The van der Waals surface area contributed by atoms with Gasteiger partial charge in [0.25, 0.3) is 0 Å². The Labute approximate surface area is 104 Å². The Morgan fingerprint density at radius 3 is 2.44 bits per heavy atom. The summed E-state index contributed by atoms with van der Waals surface area (Å²) in [7, 11) is 0. The molecule has 1 aliphatic carbocycles. The van der Waals surface area contributed by atoms with E-state index in [4.69, 9.17) is 9.63 Å². The molecule has 0 unspecified atom stereocenters. The predicted octanol–water partition coefficient (Wildman–Crippen LogP) is 1.78. The maximum atomic E-state index is 11.8. The van der Waals surface area contributed by atoms with Crippen molar-refractivity contribution in [2.75, 3.05) is 5.32 Å². The molecule has 1 aliphatic rings. The fourth-order valence-electron chi connectivity index (χ4n) is 1.59. The van der Waals surface area contributed by atoms with Gasteiger partial charge in [-0.05, 0) is 12.8 Å². The fraction of sp³-hybridized carbons (Fsp3) is 0.583. The number of anilines is 1. The molecule has 0 aromatic carbocycles. The van der Waals surface area contributed by atoms with E-state index in [1.807, 2.05) is 20.8 Å². The minimum atomic E-state index is -1.26. The molecule has 2 N–H and O–H groups in total. The summed E-state index contributed by atoms with van der Waals surface area (Å²) in [5.74, 6) is -0.710. The number of hydrogen-bond donors (Lipinski definition) is 2. The lowest BCUT2D eigenvalue weighted by Gasteiger charge is -2.12. The number of nitrogens with one attached hydrogen (secondary N) is 1. The minimum absolute atomic E-state index is 0.208. The zero-order chi connectivity index (χ0) is 13.6. The normalized spacial score (nSPS) is 17.3. The highest BCUT2D eigenvalue weighted by Crippen LogP contribution is 2.46. The van der Waals surface area contributed by atoms with Crippen LogP contribution in [-0.4, -0.2) is 22.1 Å². The Morgan fingerprint density at radius 2 is 2.06 bits per heavy atom. The first-order valence-corrected chi connectivity index (χ1v) is 5.78. The summed E-state index contributed by atoms with van der Waals surface area (Å²) in [6, 6.07) is 1.62. The van der Waals surface area contributed by atoms with Gasteiger partial charge in [-0.1, -0.05) is 25.9 Å². The first kappa shape index (κ1) is 12.6. The first-order valence-electron chi connectivity index (χ1n) is 5.78. The standard InChI is InChI=1S/C12H16N2O4/c1-11(2,3)7-6-8(14-18-7)13-9(15)12(4-5-12)10(16)17/h6H,4-5H2,1-3H3,(H,16,17)(H,13,14,15). The quantitative estimate of drug-likeness (QED) is 0.800. The van der Waals surface area contributed by atoms with Gasteiger partial charge in [0.05, 0.1) is 0 Å². The van der Waals surface area contributed by atoms with Crippen LogP contribution in [0.3, 0.4) is 0 Å². The lowest BCUT2D eigenvalue weighted by molar-refractivity contribution is -0.147. The molecule has 2 rings (SSSR count). The SMILES string of the molecule is CC(C)(C)c1cc(NC(=O)C2(C(=O)O)CC2)no1. The predicted molar refractivity (Wildman–Crippen MR) is 63.1 cm³/mol. The third-order valence-corrected chi connectivity index (χ3v) is 3.08. The highest BCUT2D eigenvalue weighted by atomic mass is 16.5. The molecule has 0 spiro atoms. The minimum Gasteiger partial charge on any atom is -0.480 e. The second-order valence-electron chi connectivity index (χ2n) is 5.67. The van der Waals surface area contributed by atoms with Crippen LogP contribution in [0.4, 0.5) is 5.82 Å². The first-order chi connectivity index (χ1) is 8.25. The van der Waals surface area contributed by atoms with E-state index in [2.05, 4.69) is 10.5 Å². The Bertz CT molecular complexity index is 494. The van der Waals surface area contributed by atoms with E-state index >= 15 is 0 Å². The molecule has 0 atom stereocenters. The largest absolute Gasteiger partial charge is 0.480 e. The molecule has 1 amide bonds. The van der Waals surface area contributed by atoms with Crippen LogP contribution in [0.5, 0.6) is 0 Å². The van der Waals surface area contributed by atoms with Crippen LogP contribution < -0.4 is 5.32 Å². The highest BCUT2D eigenvalue weighted by molar-refractivity contribution is 6.10. The Morgan fingerprint density at radius 1 is 1.44 bits per heavy atom. The van der Waals surface area contributed by atoms with Crippen LogP contribution in [0.2, 0.25) is 0 Å². The van der Waals surface area contributed by atoms with Crippen LogP contribution in [0.1, 0.15) is 39.4 Å². The summed E-state index contributed by atoms with van der Waals surface area (Å²) in [4.78, 5) is 22.8. The highest BCUT2D eigenvalue weighted by Gasteiger charge is 2.57. The van der Waals surface area contributed by atoms with Crippen molar-refractivity contribution in [1.29, 1.82) is 0 Å². The monoisotopic (exact) mass is 252 g/mol. The van der Waals surface area contributed by atoms with E-state index in [-0.39, 0.29) is 11.2 Å². The number of aromatic nitrogens is 1. The molecule has 6 heteroatoms. The molecule has 1 fully saturated rings. The third-order valence-electron chi connectivity index (χ3n) is 3.08. The second-order valence-corrected chi connectivity index (χ2v) is 5.67. The molecule has 1 saturated carbocycles. The summed E-state index contributed by atoms with van der Waals surface area (Å²) in [6.07, 6.45) is 0.746. The average Bonchev–Trinajstić information content (AvgIpc) is 2.92. The number of carbonyl (C=O) groups is 2. The summed E-state index contributed by atoms with van der Waals surface area (Å²) >= 11 is 0. The molecule has 0 aliphatic heterocycles. The Kier molecular flexibility index (Phi) is 2.68. The molecule has 1 aromatic rings. The number of rotatable bonds is 3. The molecule has 0 saturated heterocycles. The van der Waals surface area contributed by atoms with Crippen molar-refractivity contribution >= 4 is 17.7 Å². The van der Waals surface area contributed by atoms with Crippen LogP contribution in [0, 0.1) is 5.41 Å². The molecule has 0 bridgehead atoms. The van der Waals surface area contributed by atoms with Gasteiger partial charge in [-0.25, -0.2) is 0 Å². The van der Waals surface area contributed by atoms with Crippen LogP contribution >= 0.6 is 0 Å². The zero-order valence-corrected chi connectivity index (χ0v) is 10.6. The van der Waals surface area contributed by atoms with E-state index in [0.29, 0.717) is 18.6 Å². The molecule has 0 radical (unpaired) electrons. The van der Waals surface area contributed by atoms with Crippen molar-refractivity contribution in [2.45, 2.75) is 39.0 Å². The zero-order valence-electron chi connectivity index (χ0n) is 10.6. The van der Waals surface area contributed by atoms with Gasteiger partial charge in [0, 0.05) is 11.5 Å². The summed E-state index contributed by atoms with van der Waals surface area (Å²) in [5.41, 5.74) is -1.47. The number of carboxylic acid groups (broad SMARTS) is 1. The van der Waals surface area contributed by atoms with Crippen molar-refractivity contribution in [3.8, 4) is 0 Å². The van der Waals surface area contributed by atoms with Crippen molar-refractivity contribution in [1.82, 2.24) is 5.16 Å². The van der Waals surface area contributed by atoms with E-state index in [9.17, 15) is 9.59 Å². The molecule has 1 heterocycles. The summed E-state index contributed by atoms with van der Waals surface area (Å²) < 4.78 is 5.11. The maximum absolute atomic E-state index is 11.8. The van der Waals surface area contributed by atoms with Crippen LogP contribution in [0.15, 0.2) is 10.6 Å². The van der Waals surface area contributed by atoms with Gasteiger partial charge in [0.15, 0.2) is 5.82 Å². The smallest absolute Gasteiger partial charge is 0.319 e. The Hall–Kier alpha value is -1.85. The van der Waals surface area contributed by atoms with E-state index < -0.39 is 17.3 Å². The Balaban J connectivity index is 2.09. The van der Waals surface area contributed by atoms with Crippen molar-refractivity contribution in [2.24, 2.45) is 5.41 Å². The van der Waals surface area contributed by atoms with Gasteiger partial charge >= 0.3 is 5.97 Å². The van der Waals surface area contributed by atoms with E-state index in [0.717, 1.165) is 0 Å². The van der Waals surface area contributed by atoms with Gasteiger partial charge < -0.3 is 14.9 Å². The lowest BCUT2D eigenvalue weighted by atomic mass is 9.93. The fourth-order valence-corrected chi connectivity index (χ4v) is 1.59. The number of amides is 1. The molecule has 1 aromatic heterocycles. The van der Waals surface area contributed by atoms with Crippen LogP contribution in [-0.2, 0) is 15.0 Å². The second kappa shape index (κ2) is 3.83. The molecule has 6 nitrogen and oxygen atoms in total. The molecular weight excluding hydrogens is 236 g/mol. The maximum Gasteiger partial charge on any atom is 0.319 e. The van der Waals surface area contributed by atoms with Crippen molar-refractivity contribution in [3.63, 3.8) is 0 Å².